The molecule has 1 aromatic rings. The molecule has 2 rings (SSSR count). The Morgan fingerprint density at radius 3 is 2.80 bits per heavy atom. The van der Waals surface area contributed by atoms with E-state index < -0.39 is 9.84 Å². The van der Waals surface area contributed by atoms with Crippen molar-refractivity contribution in [2.75, 3.05) is 16.8 Å². The Labute approximate surface area is 125 Å². The highest BCUT2D eigenvalue weighted by Gasteiger charge is 2.27. The number of rotatable bonds is 5. The second kappa shape index (κ2) is 6.30. The van der Waals surface area contributed by atoms with Crippen LogP contribution in [0, 0.1) is 5.92 Å². The SMILES string of the molecule is CCC1CCCC(Nc2snc(N)c2S(=O)(=O)CC)C1. The molecule has 1 aliphatic carbocycles. The minimum atomic E-state index is -3.33. The van der Waals surface area contributed by atoms with Gasteiger partial charge in [-0.1, -0.05) is 33.1 Å². The van der Waals surface area contributed by atoms with Gasteiger partial charge in [-0.05, 0) is 30.3 Å². The molecule has 1 fully saturated rings. The van der Waals surface area contributed by atoms with Gasteiger partial charge in [-0.3, -0.25) is 0 Å². The average molecular weight is 317 g/mol. The van der Waals surface area contributed by atoms with Crippen LogP contribution < -0.4 is 11.1 Å². The van der Waals surface area contributed by atoms with Gasteiger partial charge in [0.25, 0.3) is 0 Å². The lowest BCUT2D eigenvalue weighted by atomic mass is 9.84. The van der Waals surface area contributed by atoms with Gasteiger partial charge in [-0.25, -0.2) is 8.42 Å². The molecule has 0 amide bonds. The van der Waals surface area contributed by atoms with Gasteiger partial charge < -0.3 is 11.1 Å². The summed E-state index contributed by atoms with van der Waals surface area (Å²) in [5, 5.41) is 3.99. The largest absolute Gasteiger partial charge is 0.382 e. The predicted molar refractivity (Wildman–Crippen MR) is 83.9 cm³/mol. The maximum atomic E-state index is 12.1. The van der Waals surface area contributed by atoms with E-state index in [2.05, 4.69) is 16.6 Å². The monoisotopic (exact) mass is 317 g/mol. The fourth-order valence-corrected chi connectivity index (χ4v) is 5.04. The van der Waals surface area contributed by atoms with Crippen LogP contribution in [0.3, 0.4) is 0 Å². The number of hydrogen-bond acceptors (Lipinski definition) is 6. The van der Waals surface area contributed by atoms with Gasteiger partial charge >= 0.3 is 0 Å². The van der Waals surface area contributed by atoms with Crippen molar-refractivity contribution in [2.45, 2.75) is 56.9 Å². The van der Waals surface area contributed by atoms with Gasteiger partial charge in [0.05, 0.1) is 5.75 Å². The summed E-state index contributed by atoms with van der Waals surface area (Å²) in [4.78, 5) is 0.198. The molecule has 0 bridgehead atoms. The van der Waals surface area contributed by atoms with Crippen LogP contribution in [0.4, 0.5) is 10.8 Å². The van der Waals surface area contributed by atoms with Gasteiger partial charge in [0, 0.05) is 6.04 Å². The van der Waals surface area contributed by atoms with Crippen LogP contribution in [0.15, 0.2) is 4.90 Å². The highest BCUT2D eigenvalue weighted by Crippen LogP contribution is 2.35. The first-order valence-electron chi connectivity index (χ1n) is 7.22. The van der Waals surface area contributed by atoms with Crippen molar-refractivity contribution in [1.29, 1.82) is 0 Å². The van der Waals surface area contributed by atoms with Crippen molar-refractivity contribution < 1.29 is 8.42 Å². The van der Waals surface area contributed by atoms with Crippen LogP contribution >= 0.6 is 11.5 Å². The summed E-state index contributed by atoms with van der Waals surface area (Å²) in [6, 6.07) is 0.333. The zero-order valence-electron chi connectivity index (χ0n) is 12.1. The lowest BCUT2D eigenvalue weighted by Crippen LogP contribution is -2.27. The number of nitrogens with two attached hydrogens (primary N) is 1. The number of nitrogens with one attached hydrogen (secondary N) is 1. The number of sulfone groups is 1. The maximum absolute atomic E-state index is 12.1. The summed E-state index contributed by atoms with van der Waals surface area (Å²) in [5.41, 5.74) is 5.74. The summed E-state index contributed by atoms with van der Waals surface area (Å²) >= 11 is 1.16. The van der Waals surface area contributed by atoms with Gasteiger partial charge in [0.2, 0.25) is 0 Å². The van der Waals surface area contributed by atoms with E-state index in [1.165, 1.54) is 19.3 Å². The van der Waals surface area contributed by atoms with Crippen LogP contribution in [0.25, 0.3) is 0 Å². The molecule has 0 spiro atoms. The Kier molecular flexibility index (Phi) is 4.90. The molecule has 0 aromatic carbocycles. The van der Waals surface area contributed by atoms with Crippen LogP contribution in [-0.4, -0.2) is 24.6 Å². The molecule has 2 atom stereocenters. The summed E-state index contributed by atoms with van der Waals surface area (Å²) in [6.07, 6.45) is 5.84. The van der Waals surface area contributed by atoms with Gasteiger partial charge in [-0.15, -0.1) is 0 Å². The molecule has 7 heteroatoms. The van der Waals surface area contributed by atoms with Gasteiger partial charge in [-0.2, -0.15) is 4.37 Å². The van der Waals surface area contributed by atoms with Crippen molar-refractivity contribution in [3.05, 3.63) is 0 Å². The molecular weight excluding hydrogens is 294 g/mol. The molecular formula is C13H23N3O2S2. The molecule has 1 aliphatic rings. The molecule has 1 heterocycles. The molecule has 5 nitrogen and oxygen atoms in total. The third-order valence-electron chi connectivity index (χ3n) is 4.06. The van der Waals surface area contributed by atoms with E-state index in [1.54, 1.807) is 6.92 Å². The Morgan fingerprint density at radius 2 is 2.15 bits per heavy atom. The molecule has 3 N–H and O–H groups in total. The molecule has 114 valence electrons. The van der Waals surface area contributed by atoms with Crippen molar-refractivity contribution in [2.24, 2.45) is 5.92 Å². The fraction of sp³-hybridized carbons (Fsp3) is 0.769. The van der Waals surface area contributed by atoms with Crippen LogP contribution in [0.2, 0.25) is 0 Å². The van der Waals surface area contributed by atoms with Gasteiger partial charge in [0.15, 0.2) is 15.7 Å². The van der Waals surface area contributed by atoms with E-state index in [0.29, 0.717) is 11.0 Å². The van der Waals surface area contributed by atoms with E-state index in [9.17, 15) is 8.42 Å². The quantitative estimate of drug-likeness (QED) is 0.872. The third kappa shape index (κ3) is 3.25. The topological polar surface area (TPSA) is 85.1 Å². The van der Waals surface area contributed by atoms with Crippen LogP contribution in [0.1, 0.15) is 46.0 Å². The Balaban J connectivity index is 2.18. The van der Waals surface area contributed by atoms with E-state index >= 15 is 0 Å². The number of anilines is 2. The number of nitrogens with zero attached hydrogens (tertiary/aromatic N) is 1. The summed E-state index contributed by atoms with van der Waals surface area (Å²) in [7, 11) is -3.33. The zero-order valence-corrected chi connectivity index (χ0v) is 13.7. The lowest BCUT2D eigenvalue weighted by Gasteiger charge is -2.29. The highest BCUT2D eigenvalue weighted by atomic mass is 32.2. The van der Waals surface area contributed by atoms with Crippen LogP contribution in [0.5, 0.6) is 0 Å². The first-order valence-corrected chi connectivity index (χ1v) is 9.64. The summed E-state index contributed by atoms with van der Waals surface area (Å²) in [5.74, 6) is 0.909. The highest BCUT2D eigenvalue weighted by molar-refractivity contribution is 7.91. The fourth-order valence-electron chi connectivity index (χ4n) is 2.81. The van der Waals surface area contributed by atoms with E-state index in [4.69, 9.17) is 5.73 Å². The average Bonchev–Trinajstić information content (AvgIpc) is 2.80. The first kappa shape index (κ1) is 15.6. The third-order valence-corrected chi connectivity index (χ3v) is 6.78. The zero-order chi connectivity index (χ0) is 14.8. The van der Waals surface area contributed by atoms with Crippen molar-refractivity contribution in [1.82, 2.24) is 4.37 Å². The van der Waals surface area contributed by atoms with E-state index in [-0.39, 0.29) is 16.5 Å². The van der Waals surface area contributed by atoms with Gasteiger partial charge in [0.1, 0.15) is 9.90 Å². The number of nitrogen functional groups attached to an aromatic ring is 1. The summed E-state index contributed by atoms with van der Waals surface area (Å²) in [6.45, 7) is 3.84. The Morgan fingerprint density at radius 1 is 1.40 bits per heavy atom. The molecule has 20 heavy (non-hydrogen) atoms. The lowest BCUT2D eigenvalue weighted by molar-refractivity contribution is 0.327. The molecule has 2 unspecified atom stereocenters. The van der Waals surface area contributed by atoms with E-state index in [1.807, 2.05) is 0 Å². The molecule has 0 aliphatic heterocycles. The summed E-state index contributed by atoms with van der Waals surface area (Å²) < 4.78 is 28.2. The molecule has 0 saturated heterocycles. The minimum Gasteiger partial charge on any atom is -0.382 e. The second-order valence-electron chi connectivity index (χ2n) is 5.41. The van der Waals surface area contributed by atoms with Crippen molar-refractivity contribution in [3.8, 4) is 0 Å². The molecule has 1 aromatic heterocycles. The number of hydrogen-bond donors (Lipinski definition) is 2. The molecule has 0 radical (unpaired) electrons. The van der Waals surface area contributed by atoms with Crippen molar-refractivity contribution in [3.63, 3.8) is 0 Å². The van der Waals surface area contributed by atoms with Crippen LogP contribution in [-0.2, 0) is 9.84 Å². The smallest absolute Gasteiger partial charge is 0.184 e. The normalized spacial score (nSPS) is 23.7. The Bertz CT molecular complexity index is 554. The predicted octanol–water partition coefficient (Wildman–Crippen LogP) is 2.90. The minimum absolute atomic E-state index is 0.0482. The number of aromatic nitrogens is 1. The van der Waals surface area contributed by atoms with E-state index in [0.717, 1.165) is 30.3 Å². The maximum Gasteiger partial charge on any atom is 0.184 e. The Hall–Kier alpha value is -0.820. The standard InChI is InChI=1S/C13H23N3O2S2/c1-3-9-6-5-7-10(8-9)15-13-11(12(14)16-19-13)20(17,18)4-2/h9-10,15H,3-8H2,1-2H3,(H2,14,16). The first-order chi connectivity index (χ1) is 9.47. The van der Waals surface area contributed by atoms with Crippen molar-refractivity contribution >= 4 is 32.2 Å². The second-order valence-corrected chi connectivity index (χ2v) is 8.40. The molecule has 1 saturated carbocycles.